The fourth-order valence-electron chi connectivity index (χ4n) is 3.43. The van der Waals surface area contributed by atoms with E-state index in [1.807, 2.05) is 17.5 Å². The molecule has 1 saturated heterocycles. The third-order valence-corrected chi connectivity index (χ3v) is 6.15. The van der Waals surface area contributed by atoms with Crippen molar-refractivity contribution < 1.29 is 29.1 Å². The Morgan fingerprint density at radius 2 is 2.17 bits per heavy atom. The number of rotatable bonds is 5. The number of carbonyl (C=O) groups excluding carboxylic acids is 2. The molecular weight excluding hydrogens is 350 g/mol. The first-order valence-electron chi connectivity index (χ1n) is 7.72. The van der Waals surface area contributed by atoms with Crippen LogP contribution in [-0.2, 0) is 16.0 Å². The third kappa shape index (κ3) is 3.88. The van der Waals surface area contributed by atoms with E-state index in [1.54, 1.807) is 6.92 Å². The molecule has 0 spiro atoms. The number of hydrogen-bond acceptors (Lipinski definition) is 6. The number of nitrogens with zero attached hydrogens (tertiary/aromatic N) is 1. The summed E-state index contributed by atoms with van der Waals surface area (Å²) in [5, 5.41) is 22.4. The fraction of sp³-hybridized carbons (Fsp3) is 0.562. The molecule has 0 bridgehead atoms. The molecule has 2 heterocycles. The molecule has 1 aromatic rings. The number of thiophene rings is 1. The van der Waals surface area contributed by atoms with Crippen molar-refractivity contribution in [1.29, 1.82) is 0 Å². The number of imide groups is 1. The zero-order chi connectivity index (χ0) is 18.0. The van der Waals surface area contributed by atoms with Gasteiger partial charge in [-0.25, -0.2) is 4.79 Å². The monoisotopic (exact) mass is 372 g/mol. The highest BCUT2D eigenvalue weighted by molar-refractivity contribution is 8.13. The van der Waals surface area contributed by atoms with Gasteiger partial charge in [-0.1, -0.05) is 17.8 Å². The van der Waals surface area contributed by atoms with E-state index >= 15 is 0 Å². The van der Waals surface area contributed by atoms with Gasteiger partial charge in [-0.3, -0.25) is 4.79 Å². The topological polar surface area (TPSA) is 91.7 Å². The lowest BCUT2D eigenvalue weighted by Gasteiger charge is -2.30. The molecular formula is C16H22NO5S2+. The lowest BCUT2D eigenvalue weighted by atomic mass is 9.96. The van der Waals surface area contributed by atoms with Crippen LogP contribution in [0.2, 0.25) is 0 Å². The van der Waals surface area contributed by atoms with Gasteiger partial charge in [0.15, 0.2) is 5.12 Å². The van der Waals surface area contributed by atoms with Gasteiger partial charge < -0.3 is 10.2 Å². The van der Waals surface area contributed by atoms with Crippen molar-refractivity contribution in [3.05, 3.63) is 22.4 Å². The first kappa shape index (κ1) is 19.1. The molecule has 132 valence electrons. The second kappa shape index (κ2) is 7.35. The summed E-state index contributed by atoms with van der Waals surface area (Å²) in [4.78, 5) is 36.5. The van der Waals surface area contributed by atoms with Crippen molar-refractivity contribution in [2.75, 3.05) is 12.3 Å². The predicted molar refractivity (Wildman–Crippen MR) is 93.0 cm³/mol. The van der Waals surface area contributed by atoms with E-state index in [1.165, 1.54) is 18.3 Å². The molecule has 0 radical (unpaired) electrons. The minimum Gasteiger partial charge on any atom is -0.435 e. The molecule has 0 aromatic carbocycles. The Bertz CT molecular complexity index is 632. The summed E-state index contributed by atoms with van der Waals surface area (Å²) in [7, 11) is 0. The average Bonchev–Trinajstić information content (AvgIpc) is 3.04. The Hall–Kier alpha value is -1.22. The first-order chi connectivity index (χ1) is 11.2. The second-order valence-corrected chi connectivity index (χ2v) is 8.63. The van der Waals surface area contributed by atoms with Gasteiger partial charge in [0.05, 0.1) is 6.42 Å². The highest BCUT2D eigenvalue weighted by atomic mass is 32.2. The van der Waals surface area contributed by atoms with Crippen LogP contribution in [0.5, 0.6) is 0 Å². The van der Waals surface area contributed by atoms with Gasteiger partial charge in [0.25, 0.3) is 0 Å². The van der Waals surface area contributed by atoms with Gasteiger partial charge in [-0.2, -0.15) is 9.28 Å². The van der Waals surface area contributed by atoms with Crippen LogP contribution in [-0.4, -0.2) is 55.8 Å². The van der Waals surface area contributed by atoms with Gasteiger partial charge >= 0.3 is 12.0 Å². The van der Waals surface area contributed by atoms with Crippen molar-refractivity contribution in [2.24, 2.45) is 0 Å². The maximum atomic E-state index is 12.6. The molecule has 2 amide bonds. The zero-order valence-electron chi connectivity index (χ0n) is 13.7. The Labute approximate surface area is 149 Å². The van der Waals surface area contributed by atoms with E-state index in [2.05, 4.69) is 0 Å². The average molecular weight is 372 g/mol. The summed E-state index contributed by atoms with van der Waals surface area (Å²) in [5.41, 5.74) is -1.22. The lowest BCUT2D eigenvalue weighted by Crippen LogP contribution is -2.60. The molecule has 1 aliphatic rings. The summed E-state index contributed by atoms with van der Waals surface area (Å²) in [6.07, 6.45) is -0.640. The SMILES string of the molecule is CC(=O)SCCC(=O)[N+]1(C(=O)O)CC(O)(Cc2cccs2)C[C@H]1C. The summed E-state index contributed by atoms with van der Waals surface area (Å²) < 4.78 is -0.764. The predicted octanol–water partition coefficient (Wildman–Crippen LogP) is 2.51. The Morgan fingerprint density at radius 3 is 2.71 bits per heavy atom. The number of hydrogen-bond donors (Lipinski definition) is 2. The molecule has 1 aliphatic heterocycles. The van der Waals surface area contributed by atoms with Gasteiger partial charge in [-0.15, -0.1) is 11.3 Å². The van der Waals surface area contributed by atoms with E-state index in [-0.39, 0.29) is 30.3 Å². The minimum absolute atomic E-state index is 0.00400. The Kier molecular flexibility index (Phi) is 5.85. The van der Waals surface area contributed by atoms with Crippen LogP contribution >= 0.6 is 23.1 Å². The highest BCUT2D eigenvalue weighted by Gasteiger charge is 2.61. The van der Waals surface area contributed by atoms with E-state index in [0.29, 0.717) is 6.42 Å². The molecule has 2 unspecified atom stereocenters. The quantitative estimate of drug-likeness (QED) is 0.772. The number of carboxylic acid groups (broad SMARTS) is 1. The molecule has 8 heteroatoms. The Balaban J connectivity index is 2.18. The molecule has 2 rings (SSSR count). The number of likely N-dealkylation sites (tertiary alicyclic amines) is 1. The summed E-state index contributed by atoms with van der Waals surface area (Å²) >= 11 is 2.51. The Morgan fingerprint density at radius 1 is 1.46 bits per heavy atom. The number of aliphatic hydroxyl groups is 1. The lowest BCUT2D eigenvalue weighted by molar-refractivity contribution is -0.795. The largest absolute Gasteiger partial charge is 0.521 e. The van der Waals surface area contributed by atoms with Crippen molar-refractivity contribution in [3.63, 3.8) is 0 Å². The van der Waals surface area contributed by atoms with Crippen molar-refractivity contribution in [3.8, 4) is 0 Å². The molecule has 3 atom stereocenters. The third-order valence-electron chi connectivity index (χ3n) is 4.46. The number of quaternary nitrogens is 1. The van der Waals surface area contributed by atoms with Crippen LogP contribution in [0.4, 0.5) is 4.79 Å². The standard InChI is InChI=1S/C16H21NO5S2/c1-11-8-16(22,9-13-4-3-6-24-13)10-17(11,15(20)21)14(19)5-7-23-12(2)18/h3-4,6,11,22H,5,7-10H2,1-2H3/p+1/t11-,16?,17?/m1/s1. The second-order valence-electron chi connectivity index (χ2n) is 6.33. The van der Waals surface area contributed by atoms with Crippen LogP contribution in [0.1, 0.15) is 31.6 Å². The van der Waals surface area contributed by atoms with Gasteiger partial charge in [0.1, 0.15) is 18.2 Å². The molecule has 2 N–H and O–H groups in total. The van der Waals surface area contributed by atoms with Crippen LogP contribution in [0.15, 0.2) is 17.5 Å². The van der Waals surface area contributed by atoms with Crippen LogP contribution in [0, 0.1) is 0 Å². The first-order valence-corrected chi connectivity index (χ1v) is 9.59. The fourth-order valence-corrected chi connectivity index (χ4v) is 4.84. The molecule has 6 nitrogen and oxygen atoms in total. The molecule has 1 aromatic heterocycles. The van der Waals surface area contributed by atoms with Crippen LogP contribution in [0.25, 0.3) is 0 Å². The van der Waals surface area contributed by atoms with Crippen molar-refractivity contribution >= 4 is 40.2 Å². The summed E-state index contributed by atoms with van der Waals surface area (Å²) in [6.45, 7) is 2.97. The van der Waals surface area contributed by atoms with Gasteiger partial charge in [0.2, 0.25) is 0 Å². The summed E-state index contributed by atoms with van der Waals surface area (Å²) in [6, 6.07) is 3.26. The normalized spacial score (nSPS) is 29.5. The smallest absolute Gasteiger partial charge is 0.435 e. The minimum atomic E-state index is -1.23. The molecule has 0 saturated carbocycles. The van der Waals surface area contributed by atoms with E-state index < -0.39 is 28.1 Å². The zero-order valence-corrected chi connectivity index (χ0v) is 15.4. The van der Waals surface area contributed by atoms with Crippen molar-refractivity contribution in [2.45, 2.75) is 44.8 Å². The molecule has 0 aliphatic carbocycles. The number of carbonyl (C=O) groups is 3. The summed E-state index contributed by atoms with van der Waals surface area (Å²) in [5.74, 6) is -0.191. The maximum absolute atomic E-state index is 12.6. The molecule has 1 fully saturated rings. The van der Waals surface area contributed by atoms with Crippen LogP contribution < -0.4 is 0 Å². The number of amides is 2. The maximum Gasteiger partial charge on any atom is 0.521 e. The molecule has 24 heavy (non-hydrogen) atoms. The van der Waals surface area contributed by atoms with Gasteiger partial charge in [-0.05, 0) is 18.4 Å². The van der Waals surface area contributed by atoms with Crippen LogP contribution in [0.3, 0.4) is 0 Å². The number of thioether (sulfide) groups is 1. The van der Waals surface area contributed by atoms with Gasteiger partial charge in [0, 0.05) is 30.4 Å². The van der Waals surface area contributed by atoms with E-state index in [4.69, 9.17) is 0 Å². The highest BCUT2D eigenvalue weighted by Crippen LogP contribution is 2.38. The van der Waals surface area contributed by atoms with E-state index in [9.17, 15) is 24.6 Å². The van der Waals surface area contributed by atoms with E-state index in [0.717, 1.165) is 16.6 Å². The van der Waals surface area contributed by atoms with Crippen molar-refractivity contribution in [1.82, 2.24) is 0 Å².